The molecule has 2 heterocycles. The Morgan fingerprint density at radius 3 is 2.14 bits per heavy atom. The molecule has 2 aliphatic heterocycles. The van der Waals surface area contributed by atoms with E-state index in [-0.39, 0.29) is 95.7 Å². The van der Waals surface area contributed by atoms with E-state index in [0.717, 1.165) is 49.7 Å². The average Bonchev–Trinajstić information content (AvgIpc) is 3.78. The van der Waals surface area contributed by atoms with Gasteiger partial charge in [0.15, 0.2) is 12.1 Å². The zero-order chi connectivity index (χ0) is 48.0. The summed E-state index contributed by atoms with van der Waals surface area (Å²) < 4.78 is 19.2. The molecule has 0 saturated carbocycles. The zero-order valence-electron chi connectivity index (χ0n) is 42.3. The number of likely N-dealkylation sites (tertiary alicyclic amines) is 1. The molecular formula is C54H86N4O7. The minimum absolute atomic E-state index is 0.0156. The highest BCUT2D eigenvalue weighted by atomic mass is 16.7. The Morgan fingerprint density at radius 2 is 1.52 bits per heavy atom. The summed E-state index contributed by atoms with van der Waals surface area (Å²) in [6.45, 7) is 24.2. The molecule has 2 aliphatic rings. The molecule has 12 atom stereocenters. The van der Waals surface area contributed by atoms with E-state index >= 15 is 0 Å². The molecular weight excluding hydrogens is 817 g/mol. The lowest BCUT2D eigenvalue weighted by molar-refractivity contribution is -0.229. The van der Waals surface area contributed by atoms with Crippen LogP contribution in [0.5, 0.6) is 0 Å². The molecule has 0 spiro atoms. The summed E-state index contributed by atoms with van der Waals surface area (Å²) in [5, 5.41) is 6.45. The quantitative estimate of drug-likeness (QED) is 0.101. The molecule has 0 radical (unpaired) electrons. The van der Waals surface area contributed by atoms with E-state index in [4.69, 9.17) is 14.2 Å². The number of likely N-dealkylation sites (N-methyl/N-ethyl adjacent to an activating group) is 1. The maximum Gasteiger partial charge on any atom is 0.226 e. The first-order chi connectivity index (χ1) is 30.9. The van der Waals surface area contributed by atoms with Crippen LogP contribution in [0.1, 0.15) is 143 Å². The van der Waals surface area contributed by atoms with Crippen molar-refractivity contribution in [1.82, 2.24) is 20.4 Å². The molecule has 2 aromatic carbocycles. The summed E-state index contributed by atoms with van der Waals surface area (Å²) >= 11 is 0. The highest BCUT2D eigenvalue weighted by Crippen LogP contribution is 2.34. The fourth-order valence-corrected chi connectivity index (χ4v) is 10.3. The Bertz CT molecular complexity index is 1770. The smallest absolute Gasteiger partial charge is 0.226 e. The lowest BCUT2D eigenvalue weighted by atomic mass is 9.82. The molecule has 0 aromatic heterocycles. The van der Waals surface area contributed by atoms with Gasteiger partial charge in [-0.25, -0.2) is 0 Å². The largest absolute Gasteiger partial charge is 0.374 e. The van der Waals surface area contributed by atoms with Gasteiger partial charge in [0.25, 0.3) is 0 Å². The number of hydrogen-bond acceptors (Lipinski definition) is 8. The van der Waals surface area contributed by atoms with Gasteiger partial charge in [-0.2, -0.15) is 0 Å². The second kappa shape index (κ2) is 26.0. The lowest BCUT2D eigenvalue weighted by Gasteiger charge is -2.40. The average molecular weight is 903 g/mol. The number of rotatable bonds is 25. The third kappa shape index (κ3) is 15.2. The van der Waals surface area contributed by atoms with Crippen molar-refractivity contribution in [1.29, 1.82) is 0 Å². The van der Waals surface area contributed by atoms with Crippen molar-refractivity contribution in [3.63, 3.8) is 0 Å². The van der Waals surface area contributed by atoms with E-state index in [2.05, 4.69) is 69.5 Å². The minimum atomic E-state index is -0.446. The van der Waals surface area contributed by atoms with Crippen LogP contribution in [0.15, 0.2) is 54.6 Å². The van der Waals surface area contributed by atoms with Gasteiger partial charge >= 0.3 is 0 Å². The van der Waals surface area contributed by atoms with Crippen molar-refractivity contribution in [3.8, 4) is 0 Å². The van der Waals surface area contributed by atoms with Crippen LogP contribution in [0.3, 0.4) is 0 Å². The predicted octanol–water partition coefficient (Wildman–Crippen LogP) is 9.31. The van der Waals surface area contributed by atoms with Crippen LogP contribution in [-0.2, 0) is 40.0 Å². The molecule has 2 aromatic rings. The maximum atomic E-state index is 14.3. The number of amides is 3. The van der Waals surface area contributed by atoms with E-state index in [0.29, 0.717) is 26.2 Å². The van der Waals surface area contributed by atoms with Crippen molar-refractivity contribution in [2.75, 3.05) is 27.2 Å². The fourth-order valence-electron chi connectivity index (χ4n) is 10.3. The van der Waals surface area contributed by atoms with Crippen LogP contribution in [-0.4, -0.2) is 97.1 Å². The van der Waals surface area contributed by atoms with Gasteiger partial charge in [-0.15, -0.1) is 0 Å². The van der Waals surface area contributed by atoms with Gasteiger partial charge in [-0.3, -0.25) is 19.2 Å². The number of ether oxygens (including phenoxy) is 3. The summed E-state index contributed by atoms with van der Waals surface area (Å²) in [5.41, 5.74) is 3.32. The first-order valence-corrected chi connectivity index (χ1v) is 24.9. The molecule has 11 nitrogen and oxygen atoms in total. The first-order valence-electron chi connectivity index (χ1n) is 24.9. The second-order valence-corrected chi connectivity index (χ2v) is 20.4. The highest BCUT2D eigenvalue weighted by molar-refractivity contribution is 5.90. The Hall–Kier alpha value is -3.64. The van der Waals surface area contributed by atoms with Crippen molar-refractivity contribution in [3.05, 3.63) is 71.3 Å². The lowest BCUT2D eigenvalue weighted by Crippen LogP contribution is -2.51. The molecule has 2 N–H and O–H groups in total. The molecule has 0 bridgehead atoms. The van der Waals surface area contributed by atoms with Gasteiger partial charge in [0.1, 0.15) is 6.10 Å². The number of Topliss-reactive ketones (excluding diaryl/α,β-unsaturated/α-hetero) is 1. The van der Waals surface area contributed by atoms with Crippen LogP contribution in [0, 0.1) is 48.3 Å². The molecule has 11 heteroatoms. The van der Waals surface area contributed by atoms with Crippen LogP contribution < -0.4 is 10.6 Å². The van der Waals surface area contributed by atoms with Crippen LogP contribution in [0.2, 0.25) is 0 Å². The second-order valence-electron chi connectivity index (χ2n) is 20.4. The summed E-state index contributed by atoms with van der Waals surface area (Å²) in [7, 11) is 3.66. The fraction of sp³-hybridized carbons (Fsp3) is 0.704. The molecule has 2 fully saturated rings. The number of hydrogen-bond donors (Lipinski definition) is 2. The van der Waals surface area contributed by atoms with Gasteiger partial charge < -0.3 is 34.6 Å². The number of nitrogens with one attached hydrogen (secondary N) is 2. The van der Waals surface area contributed by atoms with Crippen molar-refractivity contribution >= 4 is 23.5 Å². The molecule has 4 rings (SSSR count). The standard InChI is InChI=1S/C54H86N4O7/c1-14-37(7)51(57(13)54(62)45(34(2)3)31-47(59)50(55-12)35(4)5)38(8)30-48(60)58-29-19-23-46(58)39(9)40(10)53(61)56-41(11)52(43-20-16-15-17-21-43)65-49-24-18-22-44(64-49)33-63-32-42-27-25-36(6)26-28-42/h15-17,20-21,25-28,34-35,37-41,44-46,49-52,55H,14,18-19,22-24,29-33H2,1-13H3,(H,56,61)/t37-,38+,39+,40+,41+,44?,45-,46-,49?,50-,51-,52+/m0/s1. The zero-order valence-corrected chi connectivity index (χ0v) is 42.3. The first kappa shape index (κ1) is 54.0. The monoisotopic (exact) mass is 903 g/mol. The van der Waals surface area contributed by atoms with E-state index in [9.17, 15) is 19.2 Å². The van der Waals surface area contributed by atoms with Crippen LogP contribution in [0.25, 0.3) is 0 Å². The normalized spacial score (nSPS) is 22.1. The van der Waals surface area contributed by atoms with Crippen molar-refractivity contribution in [2.45, 2.75) is 177 Å². The summed E-state index contributed by atoms with van der Waals surface area (Å²) in [4.78, 5) is 60.0. The molecule has 0 aliphatic carbocycles. The number of aryl methyl sites for hydroxylation is 1. The third-order valence-electron chi connectivity index (χ3n) is 14.7. The van der Waals surface area contributed by atoms with Gasteiger partial charge in [-0.05, 0) is 93.7 Å². The SMILES string of the molecule is CC[C@H](C)[C@@H]([C@H](C)CC(=O)N1CCC[C@H]1[C@H](C)[C@@H](C)C(=O)N[C@H](C)[C@@H](OC1CCCC(COCc2ccc(C)cc2)O1)c1ccccc1)N(C)C(=O)[C@@H](CC(=O)[C@@H](NC)C(C)C)C(C)C. The van der Waals surface area contributed by atoms with E-state index in [1.54, 1.807) is 7.05 Å². The number of carbonyl (C=O) groups is 4. The summed E-state index contributed by atoms with van der Waals surface area (Å²) in [5.74, 6) is -0.746. The molecule has 65 heavy (non-hydrogen) atoms. The van der Waals surface area contributed by atoms with Gasteiger partial charge in [0.2, 0.25) is 17.7 Å². The van der Waals surface area contributed by atoms with Crippen LogP contribution in [0.4, 0.5) is 0 Å². The number of ketones is 1. The topological polar surface area (TPSA) is 127 Å². The Kier molecular flexibility index (Phi) is 21.6. The number of carbonyl (C=O) groups excluding carboxylic acids is 4. The summed E-state index contributed by atoms with van der Waals surface area (Å²) in [6.07, 6.45) is 4.72. The molecule has 2 saturated heterocycles. The van der Waals surface area contributed by atoms with Crippen LogP contribution >= 0.6 is 0 Å². The van der Waals surface area contributed by atoms with Crippen molar-refractivity contribution < 1.29 is 33.4 Å². The minimum Gasteiger partial charge on any atom is -0.374 e. The van der Waals surface area contributed by atoms with E-state index in [1.807, 2.05) is 88.7 Å². The molecule has 2 unspecified atom stereocenters. The van der Waals surface area contributed by atoms with Gasteiger partial charge in [-0.1, -0.05) is 129 Å². The Morgan fingerprint density at radius 1 is 0.846 bits per heavy atom. The number of benzene rings is 2. The Labute approximate surface area is 392 Å². The predicted molar refractivity (Wildman–Crippen MR) is 260 cm³/mol. The Balaban J connectivity index is 1.38. The number of nitrogens with zero attached hydrogens (tertiary/aromatic N) is 2. The summed E-state index contributed by atoms with van der Waals surface area (Å²) in [6, 6.07) is 17.5. The third-order valence-corrected chi connectivity index (χ3v) is 14.7. The van der Waals surface area contributed by atoms with E-state index in [1.165, 1.54) is 5.56 Å². The maximum absolute atomic E-state index is 14.3. The van der Waals surface area contributed by atoms with Crippen molar-refractivity contribution in [2.24, 2.45) is 41.4 Å². The molecule has 364 valence electrons. The molecule has 3 amide bonds. The highest BCUT2D eigenvalue weighted by Gasteiger charge is 2.41. The van der Waals surface area contributed by atoms with Gasteiger partial charge in [0.05, 0.1) is 31.4 Å². The van der Waals surface area contributed by atoms with Gasteiger partial charge in [0, 0.05) is 50.4 Å². The van der Waals surface area contributed by atoms with E-state index < -0.39 is 18.3 Å².